The first-order chi connectivity index (χ1) is 9.13. The predicted octanol–water partition coefficient (Wildman–Crippen LogP) is 2.84. The highest BCUT2D eigenvalue weighted by Gasteiger charge is 2.18. The van der Waals surface area contributed by atoms with Gasteiger partial charge in [0.1, 0.15) is 6.33 Å². The number of aromatic nitrogens is 2. The lowest BCUT2D eigenvalue weighted by Crippen LogP contribution is -1.98. The number of nitro groups is 1. The summed E-state index contributed by atoms with van der Waals surface area (Å²) in [7, 11) is 1.37. The van der Waals surface area contributed by atoms with Crippen LogP contribution >= 0.6 is 11.6 Å². The molecule has 0 atom stereocenters. The Labute approximate surface area is 112 Å². The Morgan fingerprint density at radius 3 is 2.74 bits per heavy atom. The third kappa shape index (κ3) is 2.71. The van der Waals surface area contributed by atoms with Crippen LogP contribution in [0, 0.1) is 10.1 Å². The molecule has 0 radical (unpaired) electrons. The van der Waals surface area contributed by atoms with Gasteiger partial charge in [0.05, 0.1) is 12.0 Å². The summed E-state index contributed by atoms with van der Waals surface area (Å²) in [5.74, 6) is 0.166. The van der Waals surface area contributed by atoms with E-state index in [4.69, 9.17) is 21.1 Å². The number of hydrogen-bond acceptors (Lipinski definition) is 6. The number of rotatable bonds is 4. The second kappa shape index (κ2) is 5.49. The minimum atomic E-state index is -0.551. The molecule has 1 aromatic carbocycles. The van der Waals surface area contributed by atoms with Gasteiger partial charge >= 0.3 is 5.69 Å². The Bertz CT molecular complexity index is 621. The van der Waals surface area contributed by atoms with Crippen molar-refractivity contribution in [2.24, 2.45) is 0 Å². The van der Waals surface area contributed by atoms with Crippen molar-refractivity contribution in [3.63, 3.8) is 0 Å². The van der Waals surface area contributed by atoms with E-state index in [2.05, 4.69) is 9.97 Å². The van der Waals surface area contributed by atoms with E-state index in [1.54, 1.807) is 6.07 Å². The normalized spacial score (nSPS) is 10.0. The van der Waals surface area contributed by atoms with Gasteiger partial charge in [-0.25, -0.2) is 4.98 Å². The van der Waals surface area contributed by atoms with Crippen molar-refractivity contribution in [1.82, 2.24) is 9.97 Å². The van der Waals surface area contributed by atoms with E-state index in [0.29, 0.717) is 0 Å². The van der Waals surface area contributed by atoms with Gasteiger partial charge in [-0.3, -0.25) is 10.1 Å². The zero-order valence-corrected chi connectivity index (χ0v) is 10.5. The van der Waals surface area contributed by atoms with E-state index in [-0.39, 0.29) is 28.2 Å². The summed E-state index contributed by atoms with van der Waals surface area (Å²) < 4.78 is 10.4. The van der Waals surface area contributed by atoms with Gasteiger partial charge in [0.2, 0.25) is 11.5 Å². The molecular formula is C11H8ClN3O4. The van der Waals surface area contributed by atoms with Crippen molar-refractivity contribution in [2.75, 3.05) is 7.11 Å². The van der Waals surface area contributed by atoms with Crippen LogP contribution in [-0.2, 0) is 0 Å². The smallest absolute Gasteiger partial charge is 0.311 e. The zero-order valence-electron chi connectivity index (χ0n) is 9.74. The third-order valence-electron chi connectivity index (χ3n) is 2.20. The van der Waals surface area contributed by atoms with Gasteiger partial charge in [0.25, 0.3) is 5.88 Å². The van der Waals surface area contributed by atoms with Crippen molar-refractivity contribution in [1.29, 1.82) is 0 Å². The molecule has 2 aromatic rings. The minimum Gasteiger partial charge on any atom is -0.489 e. The van der Waals surface area contributed by atoms with Gasteiger partial charge in [-0.2, -0.15) is 4.98 Å². The summed E-state index contributed by atoms with van der Waals surface area (Å²) in [4.78, 5) is 17.9. The van der Waals surface area contributed by atoms with Gasteiger partial charge in [-0.05, 0) is 6.07 Å². The van der Waals surface area contributed by atoms with Crippen LogP contribution < -0.4 is 9.47 Å². The molecule has 0 spiro atoms. The number of nitro benzene ring substituents is 1. The number of methoxy groups -OCH3 is 1. The Hall–Kier alpha value is -2.41. The SMILES string of the molecule is COc1c(Cl)ncnc1Oc1ccccc1[N+](=O)[O-]. The first-order valence-corrected chi connectivity index (χ1v) is 5.47. The lowest BCUT2D eigenvalue weighted by Gasteiger charge is -2.09. The topological polar surface area (TPSA) is 87.4 Å². The van der Waals surface area contributed by atoms with E-state index in [0.717, 1.165) is 0 Å². The van der Waals surface area contributed by atoms with E-state index in [1.807, 2.05) is 0 Å². The van der Waals surface area contributed by atoms with Crippen LogP contribution in [0.4, 0.5) is 5.69 Å². The summed E-state index contributed by atoms with van der Waals surface area (Å²) in [5.41, 5.74) is -0.181. The van der Waals surface area contributed by atoms with Crippen LogP contribution in [0.3, 0.4) is 0 Å². The largest absolute Gasteiger partial charge is 0.489 e. The maximum Gasteiger partial charge on any atom is 0.311 e. The highest BCUT2D eigenvalue weighted by molar-refractivity contribution is 6.31. The van der Waals surface area contributed by atoms with Crippen LogP contribution in [0.1, 0.15) is 0 Å². The van der Waals surface area contributed by atoms with Crippen LogP contribution in [0.5, 0.6) is 17.4 Å². The Morgan fingerprint density at radius 1 is 1.32 bits per heavy atom. The monoisotopic (exact) mass is 281 g/mol. The molecular weight excluding hydrogens is 274 g/mol. The summed E-state index contributed by atoms with van der Waals surface area (Å²) in [6.45, 7) is 0. The Kier molecular flexibility index (Phi) is 3.76. The predicted molar refractivity (Wildman–Crippen MR) is 66.8 cm³/mol. The molecule has 0 saturated carbocycles. The summed E-state index contributed by atoms with van der Waals surface area (Å²) >= 11 is 5.81. The molecule has 0 aliphatic carbocycles. The van der Waals surface area contributed by atoms with Gasteiger partial charge < -0.3 is 9.47 Å². The lowest BCUT2D eigenvalue weighted by atomic mass is 10.3. The fraction of sp³-hybridized carbons (Fsp3) is 0.0909. The molecule has 2 rings (SSSR count). The molecule has 0 aliphatic rings. The van der Waals surface area contributed by atoms with Gasteiger partial charge in [0.15, 0.2) is 5.15 Å². The fourth-order valence-corrected chi connectivity index (χ4v) is 1.58. The average molecular weight is 282 g/mol. The van der Waals surface area contributed by atoms with Crippen molar-refractivity contribution in [3.05, 3.63) is 45.9 Å². The quantitative estimate of drug-likeness (QED) is 0.486. The third-order valence-corrected chi connectivity index (χ3v) is 2.47. The van der Waals surface area contributed by atoms with E-state index in [9.17, 15) is 10.1 Å². The molecule has 0 saturated heterocycles. The van der Waals surface area contributed by atoms with Crippen molar-refractivity contribution in [3.8, 4) is 17.4 Å². The van der Waals surface area contributed by atoms with Crippen molar-refractivity contribution >= 4 is 17.3 Å². The summed E-state index contributed by atoms with van der Waals surface area (Å²) in [6, 6.07) is 5.92. The number of hydrogen-bond donors (Lipinski definition) is 0. The first-order valence-electron chi connectivity index (χ1n) is 5.09. The first kappa shape index (κ1) is 13.0. The number of ether oxygens (including phenoxy) is 2. The maximum absolute atomic E-state index is 10.9. The standard InChI is InChI=1S/C11H8ClN3O4/c1-18-9-10(12)13-6-14-11(9)19-8-5-3-2-4-7(8)15(16)17/h2-6H,1H3. The molecule has 1 aromatic heterocycles. The molecule has 1 heterocycles. The van der Waals surface area contributed by atoms with Gasteiger partial charge in [-0.1, -0.05) is 23.7 Å². The molecule has 0 bridgehead atoms. The molecule has 0 N–H and O–H groups in total. The zero-order chi connectivity index (χ0) is 13.8. The van der Waals surface area contributed by atoms with Crippen molar-refractivity contribution < 1.29 is 14.4 Å². The number of nitrogens with zero attached hydrogens (tertiary/aromatic N) is 3. The van der Waals surface area contributed by atoms with E-state index < -0.39 is 4.92 Å². The molecule has 0 aliphatic heterocycles. The van der Waals surface area contributed by atoms with E-state index in [1.165, 1.54) is 31.6 Å². The fourth-order valence-electron chi connectivity index (χ4n) is 1.38. The number of halogens is 1. The van der Waals surface area contributed by atoms with Crippen LogP contribution in [0.15, 0.2) is 30.6 Å². The van der Waals surface area contributed by atoms with Crippen LogP contribution in [0.2, 0.25) is 5.15 Å². The molecule has 98 valence electrons. The Morgan fingerprint density at radius 2 is 2.05 bits per heavy atom. The minimum absolute atomic E-state index is 0.0109. The van der Waals surface area contributed by atoms with Crippen LogP contribution in [-0.4, -0.2) is 22.0 Å². The average Bonchev–Trinajstić information content (AvgIpc) is 2.39. The molecule has 0 unspecified atom stereocenters. The summed E-state index contributed by atoms with van der Waals surface area (Å²) in [6.07, 6.45) is 1.18. The second-order valence-corrected chi connectivity index (χ2v) is 3.69. The van der Waals surface area contributed by atoms with Crippen LogP contribution in [0.25, 0.3) is 0 Å². The highest BCUT2D eigenvalue weighted by atomic mass is 35.5. The lowest BCUT2D eigenvalue weighted by molar-refractivity contribution is -0.385. The highest BCUT2D eigenvalue weighted by Crippen LogP contribution is 2.36. The van der Waals surface area contributed by atoms with Crippen molar-refractivity contribution in [2.45, 2.75) is 0 Å². The molecule has 19 heavy (non-hydrogen) atoms. The molecule has 8 heteroatoms. The molecule has 0 amide bonds. The van der Waals surface area contributed by atoms with E-state index >= 15 is 0 Å². The number of benzene rings is 1. The maximum atomic E-state index is 10.9. The number of para-hydroxylation sites is 2. The summed E-state index contributed by atoms with van der Waals surface area (Å²) in [5, 5.41) is 10.9. The van der Waals surface area contributed by atoms with Gasteiger partial charge in [0, 0.05) is 6.07 Å². The molecule has 0 fully saturated rings. The molecule has 7 nitrogen and oxygen atoms in total. The van der Waals surface area contributed by atoms with Gasteiger partial charge in [-0.15, -0.1) is 0 Å². The second-order valence-electron chi connectivity index (χ2n) is 3.33. The Balaban J connectivity index is 2.42.